The van der Waals surface area contributed by atoms with Gasteiger partial charge in [-0.25, -0.2) is 8.42 Å². The molecule has 2 saturated heterocycles. The minimum atomic E-state index is -3.51. The second-order valence-corrected chi connectivity index (χ2v) is 11.4. The first-order valence-corrected chi connectivity index (χ1v) is 13.4. The first-order valence-electron chi connectivity index (χ1n) is 12.0. The Labute approximate surface area is 198 Å². The van der Waals surface area contributed by atoms with Gasteiger partial charge in [-0.2, -0.15) is 4.31 Å². The number of sulfonamides is 1. The van der Waals surface area contributed by atoms with Crippen LogP contribution in [-0.2, 0) is 21.4 Å². The van der Waals surface area contributed by atoms with Crippen molar-refractivity contribution in [1.82, 2.24) is 14.1 Å². The van der Waals surface area contributed by atoms with E-state index in [4.69, 9.17) is 0 Å². The highest BCUT2D eigenvalue weighted by molar-refractivity contribution is 7.89. The van der Waals surface area contributed by atoms with Gasteiger partial charge in [-0.1, -0.05) is 56.3 Å². The molecule has 2 aliphatic rings. The predicted molar refractivity (Wildman–Crippen MR) is 130 cm³/mol. The van der Waals surface area contributed by atoms with E-state index in [0.717, 1.165) is 38.3 Å². The fraction of sp³-hybridized carbons (Fsp3) is 0.500. The number of amides is 1. The lowest BCUT2D eigenvalue weighted by Crippen LogP contribution is -2.51. The first-order chi connectivity index (χ1) is 15.8. The Kier molecular flexibility index (Phi) is 7.51. The molecule has 178 valence electrons. The third-order valence-electron chi connectivity index (χ3n) is 6.92. The Bertz CT molecular complexity index is 1020. The molecule has 33 heavy (non-hydrogen) atoms. The van der Waals surface area contributed by atoms with Gasteiger partial charge in [0.2, 0.25) is 15.9 Å². The summed E-state index contributed by atoms with van der Waals surface area (Å²) in [5, 5.41) is 0. The molecule has 2 aliphatic heterocycles. The molecule has 0 N–H and O–H groups in total. The maximum absolute atomic E-state index is 13.1. The number of carbonyl (C=O) groups excluding carboxylic acids is 1. The standard InChI is InChI=1S/C26H35N3O3S/c1-21(2)23-8-10-25(11-9-23)33(31,32)29-14-12-24(13-15-29)26(30)28-18-16-27(17-19-28)20-22-6-4-3-5-7-22/h3-11,21,24H,12-20H2,1-2H3. The lowest BCUT2D eigenvalue weighted by atomic mass is 9.96. The highest BCUT2D eigenvalue weighted by Crippen LogP contribution is 2.26. The largest absolute Gasteiger partial charge is 0.340 e. The van der Waals surface area contributed by atoms with Crippen molar-refractivity contribution in [2.24, 2.45) is 5.92 Å². The third kappa shape index (κ3) is 5.65. The van der Waals surface area contributed by atoms with Crippen LogP contribution in [0, 0.1) is 5.92 Å². The van der Waals surface area contributed by atoms with Crippen LogP contribution in [0.1, 0.15) is 43.7 Å². The number of nitrogens with zero attached hydrogens (tertiary/aromatic N) is 3. The van der Waals surface area contributed by atoms with Crippen molar-refractivity contribution in [3.63, 3.8) is 0 Å². The minimum absolute atomic E-state index is 0.0829. The number of benzene rings is 2. The van der Waals surface area contributed by atoms with E-state index in [9.17, 15) is 13.2 Å². The van der Waals surface area contributed by atoms with E-state index in [1.165, 1.54) is 5.56 Å². The number of hydrogen-bond acceptors (Lipinski definition) is 4. The molecule has 7 heteroatoms. The Morgan fingerprint density at radius 3 is 2.06 bits per heavy atom. The molecule has 0 aromatic heterocycles. The maximum Gasteiger partial charge on any atom is 0.243 e. The zero-order valence-corrected chi connectivity index (χ0v) is 20.5. The van der Waals surface area contributed by atoms with Crippen molar-refractivity contribution < 1.29 is 13.2 Å². The number of hydrogen-bond donors (Lipinski definition) is 0. The average Bonchev–Trinajstić information content (AvgIpc) is 2.85. The molecule has 6 nitrogen and oxygen atoms in total. The molecule has 2 fully saturated rings. The third-order valence-corrected chi connectivity index (χ3v) is 8.83. The lowest BCUT2D eigenvalue weighted by molar-refractivity contribution is -0.138. The first kappa shape index (κ1) is 23.9. The van der Waals surface area contributed by atoms with Crippen LogP contribution in [0.15, 0.2) is 59.5 Å². The summed E-state index contributed by atoms with van der Waals surface area (Å²) in [6, 6.07) is 17.6. The summed E-state index contributed by atoms with van der Waals surface area (Å²) in [5.74, 6) is 0.469. The van der Waals surface area contributed by atoms with Gasteiger partial charge in [-0.3, -0.25) is 9.69 Å². The minimum Gasteiger partial charge on any atom is -0.340 e. The summed E-state index contributed by atoms with van der Waals surface area (Å²) in [6.07, 6.45) is 1.18. The van der Waals surface area contributed by atoms with Crippen molar-refractivity contribution in [3.8, 4) is 0 Å². The summed E-state index contributed by atoms with van der Waals surface area (Å²) in [4.78, 5) is 17.8. The monoisotopic (exact) mass is 469 g/mol. The summed E-state index contributed by atoms with van der Waals surface area (Å²) in [5.41, 5.74) is 2.42. The molecule has 2 aromatic rings. The quantitative estimate of drug-likeness (QED) is 0.649. The maximum atomic E-state index is 13.1. The van der Waals surface area contributed by atoms with Crippen LogP contribution in [0.4, 0.5) is 0 Å². The fourth-order valence-corrected chi connectivity index (χ4v) is 6.21. The van der Waals surface area contributed by atoms with Crippen LogP contribution < -0.4 is 0 Å². The van der Waals surface area contributed by atoms with Crippen LogP contribution in [-0.4, -0.2) is 67.7 Å². The van der Waals surface area contributed by atoms with Gasteiger partial charge >= 0.3 is 0 Å². The van der Waals surface area contributed by atoms with E-state index in [0.29, 0.717) is 36.7 Å². The van der Waals surface area contributed by atoms with E-state index in [-0.39, 0.29) is 11.8 Å². The molecule has 1 amide bonds. The highest BCUT2D eigenvalue weighted by Gasteiger charge is 2.34. The van der Waals surface area contributed by atoms with Gasteiger partial charge in [-0.15, -0.1) is 0 Å². The van der Waals surface area contributed by atoms with Gasteiger partial charge in [0.15, 0.2) is 0 Å². The molecule has 0 atom stereocenters. The van der Waals surface area contributed by atoms with Gasteiger partial charge in [0.1, 0.15) is 0 Å². The lowest BCUT2D eigenvalue weighted by Gasteiger charge is -2.38. The van der Waals surface area contributed by atoms with Gasteiger partial charge in [0.05, 0.1) is 4.90 Å². The Balaban J connectivity index is 1.27. The van der Waals surface area contributed by atoms with E-state index < -0.39 is 10.0 Å². The highest BCUT2D eigenvalue weighted by atomic mass is 32.2. The summed E-state index contributed by atoms with van der Waals surface area (Å²) in [6.45, 7) is 9.14. The summed E-state index contributed by atoms with van der Waals surface area (Å²) in [7, 11) is -3.51. The molecule has 2 heterocycles. The van der Waals surface area contributed by atoms with E-state index in [1.54, 1.807) is 16.4 Å². The topological polar surface area (TPSA) is 60.9 Å². The molecule has 0 spiro atoms. The summed E-state index contributed by atoms with van der Waals surface area (Å²) < 4.78 is 27.7. The molecule has 2 aromatic carbocycles. The smallest absolute Gasteiger partial charge is 0.243 e. The average molecular weight is 470 g/mol. The Morgan fingerprint density at radius 1 is 0.879 bits per heavy atom. The molecule has 0 radical (unpaired) electrons. The van der Waals surface area contributed by atoms with Crippen molar-refractivity contribution in [3.05, 3.63) is 65.7 Å². The SMILES string of the molecule is CC(C)c1ccc(S(=O)(=O)N2CCC(C(=O)N3CCN(Cc4ccccc4)CC3)CC2)cc1. The van der Waals surface area contributed by atoms with Crippen LogP contribution in [0.2, 0.25) is 0 Å². The normalized spacial score (nSPS) is 19.2. The molecular formula is C26H35N3O3S. The van der Waals surface area contributed by atoms with Crippen molar-refractivity contribution in [2.45, 2.75) is 44.0 Å². The zero-order chi connectivity index (χ0) is 23.4. The van der Waals surface area contributed by atoms with Gasteiger partial charge in [-0.05, 0) is 42.0 Å². The van der Waals surface area contributed by atoms with Crippen LogP contribution in [0.5, 0.6) is 0 Å². The molecule has 0 aliphatic carbocycles. The van der Waals surface area contributed by atoms with Crippen molar-refractivity contribution >= 4 is 15.9 Å². The summed E-state index contributed by atoms with van der Waals surface area (Å²) >= 11 is 0. The number of carbonyl (C=O) groups is 1. The molecule has 0 saturated carbocycles. The van der Waals surface area contributed by atoms with Crippen LogP contribution in [0.3, 0.4) is 0 Å². The number of piperazine rings is 1. The van der Waals surface area contributed by atoms with Gasteiger partial charge in [0, 0.05) is 51.7 Å². The van der Waals surface area contributed by atoms with Gasteiger partial charge in [0.25, 0.3) is 0 Å². The predicted octanol–water partition coefficient (Wildman–Crippen LogP) is 3.56. The van der Waals surface area contributed by atoms with Crippen LogP contribution >= 0.6 is 0 Å². The fourth-order valence-electron chi connectivity index (χ4n) is 4.74. The van der Waals surface area contributed by atoms with Crippen molar-refractivity contribution in [2.75, 3.05) is 39.3 Å². The second-order valence-electron chi connectivity index (χ2n) is 9.49. The zero-order valence-electron chi connectivity index (χ0n) is 19.7. The van der Waals surface area contributed by atoms with E-state index in [1.807, 2.05) is 23.1 Å². The van der Waals surface area contributed by atoms with Gasteiger partial charge < -0.3 is 4.90 Å². The second kappa shape index (κ2) is 10.4. The van der Waals surface area contributed by atoms with E-state index >= 15 is 0 Å². The Hall–Kier alpha value is -2.22. The van der Waals surface area contributed by atoms with Crippen molar-refractivity contribution in [1.29, 1.82) is 0 Å². The molecule has 4 rings (SSSR count). The number of rotatable bonds is 6. The molecule has 0 unspecified atom stereocenters. The Morgan fingerprint density at radius 2 is 1.48 bits per heavy atom. The van der Waals surface area contributed by atoms with E-state index in [2.05, 4.69) is 43.0 Å². The van der Waals surface area contributed by atoms with Crippen LogP contribution in [0.25, 0.3) is 0 Å². The molecule has 0 bridgehead atoms. The molecular weight excluding hydrogens is 434 g/mol. The number of piperidine rings is 1.